The molecule has 0 aliphatic rings. The third-order valence-electron chi connectivity index (χ3n) is 3.40. The Hall–Kier alpha value is -2.47. The van der Waals surface area contributed by atoms with Crippen molar-refractivity contribution in [1.29, 1.82) is 0 Å². The molecule has 124 valence electrons. The normalized spacial score (nSPS) is 10.6. The number of nitrogens with zero attached hydrogens (tertiary/aromatic N) is 2. The average Bonchev–Trinajstić information content (AvgIpc) is 3.09. The molecule has 2 aromatic carbocycles. The fourth-order valence-corrected chi connectivity index (χ4v) is 2.77. The minimum absolute atomic E-state index is 0.453. The van der Waals surface area contributed by atoms with Crippen LogP contribution in [0.5, 0.6) is 11.5 Å². The van der Waals surface area contributed by atoms with E-state index in [1.165, 1.54) is 11.8 Å². The Labute approximate surface area is 145 Å². The van der Waals surface area contributed by atoms with Gasteiger partial charge in [0.05, 0.1) is 19.3 Å². The van der Waals surface area contributed by atoms with Crippen LogP contribution in [-0.2, 0) is 0 Å². The van der Waals surface area contributed by atoms with Crippen LogP contribution in [0, 0.1) is 6.92 Å². The summed E-state index contributed by atoms with van der Waals surface area (Å²) in [6.07, 6.45) is 0. The molecule has 6 heteroatoms. The number of hydrogen-bond donors (Lipinski definition) is 0. The van der Waals surface area contributed by atoms with Crippen LogP contribution in [0.15, 0.2) is 58.2 Å². The molecule has 0 radical (unpaired) electrons. The molecule has 0 spiro atoms. The van der Waals surface area contributed by atoms with E-state index in [0.717, 1.165) is 22.6 Å². The first-order chi connectivity index (χ1) is 11.8. The van der Waals surface area contributed by atoms with Crippen molar-refractivity contribution >= 4 is 11.8 Å². The van der Waals surface area contributed by atoms with E-state index < -0.39 is 0 Å². The first-order valence-corrected chi connectivity index (χ1v) is 8.54. The lowest BCUT2D eigenvalue weighted by Gasteiger charge is -2.07. The first-order valence-electron chi connectivity index (χ1n) is 7.56. The number of aryl methyl sites for hydroxylation is 1. The van der Waals surface area contributed by atoms with E-state index in [4.69, 9.17) is 13.9 Å². The van der Waals surface area contributed by atoms with Gasteiger partial charge < -0.3 is 13.9 Å². The molecule has 0 bridgehead atoms. The fourth-order valence-electron chi connectivity index (χ4n) is 2.20. The van der Waals surface area contributed by atoms with E-state index >= 15 is 0 Å². The number of para-hydroxylation sites is 2. The van der Waals surface area contributed by atoms with Crippen molar-refractivity contribution in [3.63, 3.8) is 0 Å². The maximum atomic E-state index is 5.76. The Morgan fingerprint density at radius 1 is 1.00 bits per heavy atom. The average molecular weight is 342 g/mol. The van der Waals surface area contributed by atoms with Crippen LogP contribution >= 0.6 is 11.8 Å². The number of benzene rings is 2. The van der Waals surface area contributed by atoms with E-state index in [1.807, 2.05) is 55.5 Å². The second-order valence-electron chi connectivity index (χ2n) is 5.04. The van der Waals surface area contributed by atoms with Crippen LogP contribution in [0.25, 0.3) is 11.5 Å². The summed E-state index contributed by atoms with van der Waals surface area (Å²) in [7, 11) is 1.62. The number of thioether (sulfide) groups is 1. The molecular formula is C18H18N2O3S. The second kappa shape index (κ2) is 7.88. The molecule has 0 saturated carbocycles. The summed E-state index contributed by atoms with van der Waals surface area (Å²) in [6, 6.07) is 15.5. The standard InChI is InChI=1S/C18H18N2O3S/c1-13-7-3-5-9-15(13)22-11-12-24-18-20-19-17(23-18)14-8-4-6-10-16(14)21-2/h3-10H,11-12H2,1-2H3. The molecule has 5 nitrogen and oxygen atoms in total. The van der Waals surface area contributed by atoms with Crippen LogP contribution in [0.3, 0.4) is 0 Å². The molecule has 3 rings (SSSR count). The highest BCUT2D eigenvalue weighted by Gasteiger charge is 2.13. The number of aromatic nitrogens is 2. The lowest BCUT2D eigenvalue weighted by molar-refractivity contribution is 0.341. The van der Waals surface area contributed by atoms with Crippen molar-refractivity contribution in [1.82, 2.24) is 10.2 Å². The zero-order valence-electron chi connectivity index (χ0n) is 13.6. The van der Waals surface area contributed by atoms with Crippen molar-refractivity contribution in [3.05, 3.63) is 54.1 Å². The summed E-state index contributed by atoms with van der Waals surface area (Å²) in [6.45, 7) is 2.60. The lowest BCUT2D eigenvalue weighted by atomic mass is 10.2. The van der Waals surface area contributed by atoms with Crippen LogP contribution in [-0.4, -0.2) is 29.7 Å². The fraction of sp³-hybridized carbons (Fsp3) is 0.222. The van der Waals surface area contributed by atoms with Gasteiger partial charge in [-0.15, -0.1) is 10.2 Å². The number of rotatable bonds is 7. The van der Waals surface area contributed by atoms with Crippen molar-refractivity contribution in [2.24, 2.45) is 0 Å². The molecular weight excluding hydrogens is 324 g/mol. The monoisotopic (exact) mass is 342 g/mol. The van der Waals surface area contributed by atoms with Gasteiger partial charge >= 0.3 is 0 Å². The first kappa shape index (κ1) is 16.4. The van der Waals surface area contributed by atoms with Crippen molar-refractivity contribution in [3.8, 4) is 23.0 Å². The van der Waals surface area contributed by atoms with E-state index in [2.05, 4.69) is 10.2 Å². The van der Waals surface area contributed by atoms with Crippen LogP contribution in [0.2, 0.25) is 0 Å². The zero-order chi connectivity index (χ0) is 16.8. The molecule has 0 amide bonds. The van der Waals surface area contributed by atoms with Gasteiger partial charge in [0.15, 0.2) is 0 Å². The van der Waals surface area contributed by atoms with Gasteiger partial charge in [-0.25, -0.2) is 0 Å². The zero-order valence-corrected chi connectivity index (χ0v) is 14.4. The van der Waals surface area contributed by atoms with Crippen molar-refractivity contribution in [2.75, 3.05) is 19.5 Å². The molecule has 24 heavy (non-hydrogen) atoms. The summed E-state index contributed by atoms with van der Waals surface area (Å²) in [5.41, 5.74) is 1.91. The molecule has 0 unspecified atom stereocenters. The molecule has 3 aromatic rings. The topological polar surface area (TPSA) is 57.4 Å². The summed E-state index contributed by atoms with van der Waals surface area (Å²) >= 11 is 1.47. The maximum Gasteiger partial charge on any atom is 0.276 e. The molecule has 0 aliphatic carbocycles. The predicted molar refractivity (Wildman–Crippen MR) is 93.7 cm³/mol. The summed E-state index contributed by atoms with van der Waals surface area (Å²) < 4.78 is 16.8. The predicted octanol–water partition coefficient (Wildman–Crippen LogP) is 4.22. The van der Waals surface area contributed by atoms with Gasteiger partial charge in [0.25, 0.3) is 11.1 Å². The van der Waals surface area contributed by atoms with E-state index in [-0.39, 0.29) is 0 Å². The molecule has 0 aliphatic heterocycles. The van der Waals surface area contributed by atoms with Crippen LogP contribution in [0.1, 0.15) is 5.56 Å². The Balaban J connectivity index is 1.56. The molecule has 0 fully saturated rings. The second-order valence-corrected chi connectivity index (χ2v) is 6.08. The Morgan fingerprint density at radius 3 is 2.54 bits per heavy atom. The highest BCUT2D eigenvalue weighted by atomic mass is 32.2. The van der Waals surface area contributed by atoms with E-state index in [9.17, 15) is 0 Å². The van der Waals surface area contributed by atoms with Crippen LogP contribution < -0.4 is 9.47 Å². The summed E-state index contributed by atoms with van der Waals surface area (Å²) in [5.74, 6) is 2.79. The highest BCUT2D eigenvalue weighted by molar-refractivity contribution is 7.99. The Morgan fingerprint density at radius 2 is 1.75 bits per heavy atom. The van der Waals surface area contributed by atoms with Gasteiger partial charge in [-0.3, -0.25) is 0 Å². The molecule has 0 N–H and O–H groups in total. The highest BCUT2D eigenvalue weighted by Crippen LogP contribution is 2.30. The number of methoxy groups -OCH3 is 1. The summed E-state index contributed by atoms with van der Waals surface area (Å²) in [5, 5.41) is 8.67. The smallest absolute Gasteiger partial charge is 0.276 e. The number of ether oxygens (including phenoxy) is 2. The minimum atomic E-state index is 0.453. The molecule has 1 aromatic heterocycles. The molecule has 0 saturated heterocycles. The molecule has 1 heterocycles. The van der Waals surface area contributed by atoms with E-state index in [1.54, 1.807) is 7.11 Å². The largest absolute Gasteiger partial charge is 0.496 e. The number of hydrogen-bond acceptors (Lipinski definition) is 6. The lowest BCUT2D eigenvalue weighted by Crippen LogP contribution is -2.01. The SMILES string of the molecule is COc1ccccc1-c1nnc(SCCOc2ccccc2C)o1. The third-order valence-corrected chi connectivity index (χ3v) is 4.19. The van der Waals surface area contributed by atoms with Gasteiger partial charge in [-0.05, 0) is 30.7 Å². The Kier molecular flexibility index (Phi) is 5.38. The van der Waals surface area contributed by atoms with Gasteiger partial charge in [0.2, 0.25) is 0 Å². The van der Waals surface area contributed by atoms with Gasteiger partial charge in [-0.2, -0.15) is 0 Å². The Bertz CT molecular complexity index is 804. The quantitative estimate of drug-likeness (QED) is 0.473. The van der Waals surface area contributed by atoms with Gasteiger partial charge in [0, 0.05) is 5.75 Å². The summed E-state index contributed by atoms with van der Waals surface area (Å²) in [4.78, 5) is 0. The van der Waals surface area contributed by atoms with E-state index in [0.29, 0.717) is 23.5 Å². The van der Waals surface area contributed by atoms with Gasteiger partial charge in [-0.1, -0.05) is 42.1 Å². The third kappa shape index (κ3) is 3.89. The minimum Gasteiger partial charge on any atom is -0.496 e. The molecule has 0 atom stereocenters. The van der Waals surface area contributed by atoms with Crippen molar-refractivity contribution < 1.29 is 13.9 Å². The maximum absolute atomic E-state index is 5.76. The van der Waals surface area contributed by atoms with Crippen LogP contribution in [0.4, 0.5) is 0 Å². The van der Waals surface area contributed by atoms with Gasteiger partial charge in [0.1, 0.15) is 11.5 Å². The van der Waals surface area contributed by atoms with Crippen molar-refractivity contribution in [2.45, 2.75) is 12.1 Å².